The number of hydrogen-bond acceptors (Lipinski definition) is 4. The smallest absolute Gasteiger partial charge is 0.320 e. The Bertz CT molecular complexity index is 491. The SMILES string of the molecule is N[C@@H](C[C@]12CCO[C@@H]1Nc1ccccc12)C(=O)O. The molecule has 0 spiro atoms. The van der Waals surface area contributed by atoms with Crippen LogP contribution in [0.2, 0.25) is 0 Å². The van der Waals surface area contributed by atoms with Crippen molar-refractivity contribution in [1.82, 2.24) is 0 Å². The average Bonchev–Trinajstić information content (AvgIpc) is 2.84. The van der Waals surface area contributed by atoms with Crippen LogP contribution in [0, 0.1) is 0 Å². The number of nitrogens with two attached hydrogens (primary N) is 1. The summed E-state index contributed by atoms with van der Waals surface area (Å²) in [6.45, 7) is 0.637. The number of ether oxygens (including phenoxy) is 1. The van der Waals surface area contributed by atoms with E-state index in [0.29, 0.717) is 13.0 Å². The van der Waals surface area contributed by atoms with E-state index < -0.39 is 12.0 Å². The maximum absolute atomic E-state index is 11.0. The van der Waals surface area contributed by atoms with Gasteiger partial charge >= 0.3 is 5.97 Å². The van der Waals surface area contributed by atoms with Gasteiger partial charge in [0.05, 0.1) is 6.61 Å². The largest absolute Gasteiger partial charge is 0.480 e. The van der Waals surface area contributed by atoms with Gasteiger partial charge in [0.2, 0.25) is 0 Å². The van der Waals surface area contributed by atoms with Gasteiger partial charge in [-0.25, -0.2) is 0 Å². The standard InChI is InChI=1S/C13H16N2O3/c14-9(11(16)17)7-13-5-6-18-12(13)15-10-4-2-1-3-8(10)13/h1-4,9,12,15H,5-7,14H2,(H,16,17)/t9-,12-,13-/m0/s1. The van der Waals surface area contributed by atoms with E-state index in [1.54, 1.807) is 0 Å². The second-order valence-electron chi connectivity index (χ2n) is 5.00. The fourth-order valence-corrected chi connectivity index (χ4v) is 3.09. The summed E-state index contributed by atoms with van der Waals surface area (Å²) in [5.74, 6) is -0.959. The van der Waals surface area contributed by atoms with Crippen LogP contribution in [-0.2, 0) is 14.9 Å². The van der Waals surface area contributed by atoms with Crippen LogP contribution in [0.5, 0.6) is 0 Å². The van der Waals surface area contributed by atoms with Crippen LogP contribution in [0.15, 0.2) is 24.3 Å². The van der Waals surface area contributed by atoms with Gasteiger partial charge in [0.15, 0.2) is 0 Å². The molecule has 0 aliphatic carbocycles. The molecule has 0 bridgehead atoms. The number of carbonyl (C=O) groups is 1. The Morgan fingerprint density at radius 1 is 1.61 bits per heavy atom. The summed E-state index contributed by atoms with van der Waals surface area (Å²) in [5, 5.41) is 12.3. The second kappa shape index (κ2) is 3.96. The number of aliphatic carboxylic acids is 1. The molecule has 96 valence electrons. The molecule has 2 heterocycles. The molecule has 2 aliphatic heterocycles. The molecule has 2 aliphatic rings. The van der Waals surface area contributed by atoms with Gasteiger partial charge in [0.1, 0.15) is 12.3 Å². The Hall–Kier alpha value is -1.59. The summed E-state index contributed by atoms with van der Waals surface area (Å²) in [6, 6.07) is 7.09. The third kappa shape index (κ3) is 1.51. The van der Waals surface area contributed by atoms with Gasteiger partial charge in [0, 0.05) is 11.1 Å². The van der Waals surface area contributed by atoms with E-state index in [1.165, 1.54) is 0 Å². The summed E-state index contributed by atoms with van der Waals surface area (Å²) >= 11 is 0. The molecule has 3 atom stereocenters. The van der Waals surface area contributed by atoms with Crippen LogP contribution in [0.4, 0.5) is 5.69 Å². The van der Waals surface area contributed by atoms with E-state index in [9.17, 15) is 4.79 Å². The maximum atomic E-state index is 11.0. The Labute approximate surface area is 105 Å². The van der Waals surface area contributed by atoms with E-state index in [2.05, 4.69) is 5.32 Å². The summed E-state index contributed by atoms with van der Waals surface area (Å²) in [5.41, 5.74) is 7.58. The van der Waals surface area contributed by atoms with Gasteiger partial charge in [-0.2, -0.15) is 0 Å². The van der Waals surface area contributed by atoms with Gasteiger partial charge in [-0.1, -0.05) is 18.2 Å². The first-order valence-corrected chi connectivity index (χ1v) is 6.09. The van der Waals surface area contributed by atoms with Crippen molar-refractivity contribution in [2.75, 3.05) is 11.9 Å². The van der Waals surface area contributed by atoms with Crippen LogP contribution >= 0.6 is 0 Å². The number of hydrogen-bond donors (Lipinski definition) is 3. The highest BCUT2D eigenvalue weighted by molar-refractivity contribution is 5.74. The lowest BCUT2D eigenvalue weighted by molar-refractivity contribution is -0.139. The predicted octanol–water partition coefficient (Wildman–Crippen LogP) is 0.898. The molecule has 1 fully saturated rings. The third-order valence-electron chi connectivity index (χ3n) is 3.99. The second-order valence-corrected chi connectivity index (χ2v) is 5.00. The zero-order valence-corrected chi connectivity index (χ0v) is 9.93. The fourth-order valence-electron chi connectivity index (χ4n) is 3.09. The molecular formula is C13H16N2O3. The lowest BCUT2D eigenvalue weighted by atomic mass is 9.74. The highest BCUT2D eigenvalue weighted by atomic mass is 16.5. The van der Waals surface area contributed by atoms with Crippen LogP contribution in [0.25, 0.3) is 0 Å². The number of carboxylic acids is 1. The topological polar surface area (TPSA) is 84.6 Å². The quantitative estimate of drug-likeness (QED) is 0.740. The van der Waals surface area contributed by atoms with Crippen molar-refractivity contribution in [3.63, 3.8) is 0 Å². The van der Waals surface area contributed by atoms with Gasteiger partial charge in [-0.15, -0.1) is 0 Å². The lowest BCUT2D eigenvalue weighted by Crippen LogP contribution is -2.43. The van der Waals surface area contributed by atoms with E-state index in [-0.39, 0.29) is 11.6 Å². The van der Waals surface area contributed by atoms with Crippen molar-refractivity contribution in [1.29, 1.82) is 0 Å². The zero-order chi connectivity index (χ0) is 12.8. The molecule has 0 saturated carbocycles. The molecule has 3 rings (SSSR count). The van der Waals surface area contributed by atoms with Gasteiger partial charge in [0.25, 0.3) is 0 Å². The van der Waals surface area contributed by atoms with Gasteiger partial charge in [-0.3, -0.25) is 4.79 Å². The van der Waals surface area contributed by atoms with Crippen molar-refractivity contribution >= 4 is 11.7 Å². The minimum Gasteiger partial charge on any atom is -0.480 e. The minimum atomic E-state index is -0.959. The average molecular weight is 248 g/mol. The lowest BCUT2D eigenvalue weighted by Gasteiger charge is -2.29. The van der Waals surface area contributed by atoms with E-state index in [0.717, 1.165) is 17.7 Å². The molecule has 0 amide bonds. The van der Waals surface area contributed by atoms with Crippen molar-refractivity contribution in [2.24, 2.45) is 5.73 Å². The number of carboxylic acid groups (broad SMARTS) is 1. The van der Waals surface area contributed by atoms with Crippen LogP contribution in [-0.4, -0.2) is 30.0 Å². The van der Waals surface area contributed by atoms with Crippen molar-refractivity contribution in [3.05, 3.63) is 29.8 Å². The van der Waals surface area contributed by atoms with Crippen LogP contribution < -0.4 is 11.1 Å². The number of para-hydroxylation sites is 1. The molecule has 18 heavy (non-hydrogen) atoms. The molecule has 1 aromatic carbocycles. The van der Waals surface area contributed by atoms with E-state index in [4.69, 9.17) is 15.6 Å². The molecule has 5 nitrogen and oxygen atoms in total. The summed E-state index contributed by atoms with van der Waals surface area (Å²) in [6.07, 6.45) is 1.06. The Morgan fingerprint density at radius 3 is 3.17 bits per heavy atom. The molecule has 0 radical (unpaired) electrons. The van der Waals surface area contributed by atoms with Crippen molar-refractivity contribution in [2.45, 2.75) is 30.5 Å². The minimum absolute atomic E-state index is 0.153. The third-order valence-corrected chi connectivity index (χ3v) is 3.99. The Morgan fingerprint density at radius 2 is 2.39 bits per heavy atom. The number of rotatable bonds is 3. The summed E-state index contributed by atoms with van der Waals surface area (Å²) < 4.78 is 5.68. The van der Waals surface area contributed by atoms with Crippen molar-refractivity contribution in [3.8, 4) is 0 Å². The number of anilines is 1. The molecule has 4 N–H and O–H groups in total. The first-order valence-electron chi connectivity index (χ1n) is 6.09. The van der Waals surface area contributed by atoms with Gasteiger partial charge < -0.3 is 20.9 Å². The summed E-state index contributed by atoms with van der Waals surface area (Å²) in [4.78, 5) is 11.0. The molecular weight excluding hydrogens is 232 g/mol. The highest BCUT2D eigenvalue weighted by Gasteiger charge is 2.52. The zero-order valence-electron chi connectivity index (χ0n) is 9.93. The van der Waals surface area contributed by atoms with E-state index >= 15 is 0 Å². The number of nitrogens with one attached hydrogen (secondary N) is 1. The Balaban J connectivity index is 1.99. The Kier molecular flexibility index (Phi) is 2.53. The maximum Gasteiger partial charge on any atom is 0.320 e. The number of benzene rings is 1. The summed E-state index contributed by atoms with van der Waals surface area (Å²) in [7, 11) is 0. The van der Waals surface area contributed by atoms with Crippen molar-refractivity contribution < 1.29 is 14.6 Å². The van der Waals surface area contributed by atoms with Crippen LogP contribution in [0.3, 0.4) is 0 Å². The van der Waals surface area contributed by atoms with Crippen LogP contribution in [0.1, 0.15) is 18.4 Å². The normalized spacial score (nSPS) is 30.4. The first kappa shape index (κ1) is 11.5. The molecule has 0 aromatic heterocycles. The molecule has 0 unspecified atom stereocenters. The molecule has 5 heteroatoms. The van der Waals surface area contributed by atoms with Gasteiger partial charge in [-0.05, 0) is 24.5 Å². The molecule has 1 aromatic rings. The monoisotopic (exact) mass is 248 g/mol. The van der Waals surface area contributed by atoms with E-state index in [1.807, 2.05) is 24.3 Å². The highest BCUT2D eigenvalue weighted by Crippen LogP contribution is 2.49. The molecule has 1 saturated heterocycles. The number of fused-ring (bicyclic) bond motifs is 3. The first-order chi connectivity index (χ1) is 8.63. The predicted molar refractivity (Wildman–Crippen MR) is 66.3 cm³/mol. The fraction of sp³-hybridized carbons (Fsp3) is 0.462.